The molecule has 0 aliphatic carbocycles. The van der Waals surface area contributed by atoms with Crippen molar-refractivity contribution in [1.82, 2.24) is 15.0 Å². The number of nitrogens with two attached hydrogens (primary N) is 1. The van der Waals surface area contributed by atoms with Crippen LogP contribution >= 0.6 is 27.3 Å². The summed E-state index contributed by atoms with van der Waals surface area (Å²) in [6, 6.07) is 0. The van der Waals surface area contributed by atoms with Crippen LogP contribution in [0.5, 0.6) is 0 Å². The van der Waals surface area contributed by atoms with Crippen molar-refractivity contribution < 1.29 is 0 Å². The molecule has 7 heteroatoms. The third kappa shape index (κ3) is 2.48. The van der Waals surface area contributed by atoms with Crippen molar-refractivity contribution in [3.8, 4) is 0 Å². The fraction of sp³-hybridized carbons (Fsp3) is 0.222. The lowest BCUT2D eigenvalue weighted by atomic mass is 10.5. The molecule has 5 nitrogen and oxygen atoms in total. The Balaban J connectivity index is 2.07. The summed E-state index contributed by atoms with van der Waals surface area (Å²) < 4.78 is 0.691. The van der Waals surface area contributed by atoms with Gasteiger partial charge in [-0.05, 0) is 22.9 Å². The van der Waals surface area contributed by atoms with Gasteiger partial charge in [0, 0.05) is 11.1 Å². The molecule has 2 aromatic rings. The van der Waals surface area contributed by atoms with Crippen LogP contribution in [-0.2, 0) is 6.54 Å². The third-order valence-corrected chi connectivity index (χ3v) is 3.61. The number of hydrogen-bond acceptors (Lipinski definition) is 6. The Morgan fingerprint density at radius 2 is 2.25 bits per heavy atom. The fourth-order valence-electron chi connectivity index (χ4n) is 1.16. The quantitative estimate of drug-likeness (QED) is 0.908. The smallest absolute Gasteiger partial charge is 0.146 e. The summed E-state index contributed by atoms with van der Waals surface area (Å²) in [5, 5.41) is 4.23. The summed E-state index contributed by atoms with van der Waals surface area (Å²) >= 11 is 4.99. The monoisotopic (exact) mass is 299 g/mol. The maximum absolute atomic E-state index is 5.65. The number of aromatic nitrogens is 3. The molecule has 0 aliphatic rings. The number of halogens is 1. The van der Waals surface area contributed by atoms with Gasteiger partial charge in [0.2, 0.25) is 0 Å². The van der Waals surface area contributed by atoms with Gasteiger partial charge in [-0.25, -0.2) is 15.0 Å². The molecule has 0 spiro atoms. The molecule has 0 saturated heterocycles. The second-order valence-corrected chi connectivity index (χ2v) is 5.23. The molecule has 0 atom stereocenters. The lowest BCUT2D eigenvalue weighted by molar-refractivity contribution is 1.09. The van der Waals surface area contributed by atoms with Crippen LogP contribution < -0.4 is 11.1 Å². The Kier molecular flexibility index (Phi) is 3.35. The van der Waals surface area contributed by atoms with Crippen molar-refractivity contribution >= 4 is 38.9 Å². The largest absolute Gasteiger partial charge is 0.383 e. The number of anilines is 2. The Morgan fingerprint density at radius 1 is 1.44 bits per heavy atom. The summed E-state index contributed by atoms with van der Waals surface area (Å²) in [5.74, 6) is 1.12. The van der Waals surface area contributed by atoms with Crippen molar-refractivity contribution in [3.05, 3.63) is 26.9 Å². The van der Waals surface area contributed by atoms with E-state index in [0.717, 1.165) is 9.88 Å². The molecule has 0 aliphatic heterocycles. The SMILES string of the molecule is Cc1ncc(CNc2ncnc(N)c2Br)s1. The van der Waals surface area contributed by atoms with Crippen LogP contribution in [-0.4, -0.2) is 15.0 Å². The standard InChI is InChI=1S/C9H10BrN5S/c1-5-12-2-6(16-5)3-13-9-7(10)8(11)14-4-15-9/h2,4H,3H2,1H3,(H3,11,13,14,15). The number of thiazole rings is 1. The molecule has 0 aromatic carbocycles. The van der Waals surface area contributed by atoms with E-state index >= 15 is 0 Å². The highest BCUT2D eigenvalue weighted by molar-refractivity contribution is 9.10. The minimum absolute atomic E-state index is 0.429. The molecule has 16 heavy (non-hydrogen) atoms. The average Bonchev–Trinajstić information content (AvgIpc) is 2.67. The minimum Gasteiger partial charge on any atom is -0.383 e. The van der Waals surface area contributed by atoms with Gasteiger partial charge in [0.05, 0.1) is 11.6 Å². The molecule has 84 valence electrons. The van der Waals surface area contributed by atoms with E-state index in [1.807, 2.05) is 13.1 Å². The second-order valence-electron chi connectivity index (χ2n) is 3.12. The van der Waals surface area contributed by atoms with Gasteiger partial charge < -0.3 is 11.1 Å². The number of aryl methyl sites for hydroxylation is 1. The third-order valence-electron chi connectivity index (χ3n) is 1.92. The molecular weight excluding hydrogens is 290 g/mol. The Labute approximate surface area is 105 Å². The molecular formula is C9H10BrN5S. The first kappa shape index (κ1) is 11.3. The summed E-state index contributed by atoms with van der Waals surface area (Å²) in [6.07, 6.45) is 3.28. The van der Waals surface area contributed by atoms with Gasteiger partial charge in [-0.2, -0.15) is 0 Å². The number of nitrogens with one attached hydrogen (secondary N) is 1. The molecule has 0 amide bonds. The zero-order valence-corrected chi connectivity index (χ0v) is 11.0. The number of nitrogen functional groups attached to an aromatic ring is 1. The molecule has 0 bridgehead atoms. The predicted molar refractivity (Wildman–Crippen MR) is 68.3 cm³/mol. The summed E-state index contributed by atoms with van der Waals surface area (Å²) in [6.45, 7) is 2.66. The summed E-state index contributed by atoms with van der Waals surface area (Å²) in [4.78, 5) is 13.3. The number of hydrogen-bond donors (Lipinski definition) is 2. The first-order valence-electron chi connectivity index (χ1n) is 4.58. The van der Waals surface area contributed by atoms with Crippen LogP contribution in [0.3, 0.4) is 0 Å². The Hall–Kier alpha value is -1.21. The average molecular weight is 300 g/mol. The van der Waals surface area contributed by atoms with Crippen molar-refractivity contribution in [2.75, 3.05) is 11.1 Å². The number of nitrogens with zero attached hydrogens (tertiary/aromatic N) is 3. The van der Waals surface area contributed by atoms with Crippen LogP contribution in [0.25, 0.3) is 0 Å². The first-order chi connectivity index (χ1) is 7.66. The van der Waals surface area contributed by atoms with Crippen molar-refractivity contribution in [1.29, 1.82) is 0 Å². The zero-order chi connectivity index (χ0) is 11.5. The molecule has 2 heterocycles. The lowest BCUT2D eigenvalue weighted by Gasteiger charge is -2.06. The lowest BCUT2D eigenvalue weighted by Crippen LogP contribution is -2.03. The fourth-order valence-corrected chi connectivity index (χ4v) is 2.24. The van der Waals surface area contributed by atoms with Gasteiger partial charge in [0.25, 0.3) is 0 Å². The highest BCUT2D eigenvalue weighted by Crippen LogP contribution is 2.24. The maximum Gasteiger partial charge on any atom is 0.146 e. The molecule has 2 aromatic heterocycles. The molecule has 0 saturated carbocycles. The van der Waals surface area contributed by atoms with Gasteiger partial charge in [0.15, 0.2) is 0 Å². The van der Waals surface area contributed by atoms with E-state index in [1.165, 1.54) is 6.33 Å². The summed E-state index contributed by atoms with van der Waals surface area (Å²) in [5.41, 5.74) is 5.65. The first-order valence-corrected chi connectivity index (χ1v) is 6.19. The van der Waals surface area contributed by atoms with Crippen molar-refractivity contribution in [2.24, 2.45) is 0 Å². The van der Waals surface area contributed by atoms with Crippen LogP contribution in [0, 0.1) is 6.92 Å². The van der Waals surface area contributed by atoms with Gasteiger partial charge in [-0.15, -0.1) is 11.3 Å². The van der Waals surface area contributed by atoms with E-state index < -0.39 is 0 Å². The zero-order valence-electron chi connectivity index (χ0n) is 8.57. The van der Waals surface area contributed by atoms with E-state index in [-0.39, 0.29) is 0 Å². The van der Waals surface area contributed by atoms with Crippen LogP contribution in [0.4, 0.5) is 11.6 Å². The number of rotatable bonds is 3. The highest BCUT2D eigenvalue weighted by Gasteiger charge is 2.06. The van der Waals surface area contributed by atoms with Crippen LogP contribution in [0.1, 0.15) is 9.88 Å². The van der Waals surface area contributed by atoms with E-state index in [0.29, 0.717) is 22.7 Å². The molecule has 2 rings (SSSR count). The minimum atomic E-state index is 0.429. The van der Waals surface area contributed by atoms with Gasteiger partial charge in [0.1, 0.15) is 22.4 Å². The molecule has 0 fully saturated rings. The van der Waals surface area contributed by atoms with Gasteiger partial charge in [-0.1, -0.05) is 0 Å². The molecule has 0 radical (unpaired) electrons. The van der Waals surface area contributed by atoms with E-state index in [4.69, 9.17) is 5.73 Å². The van der Waals surface area contributed by atoms with Crippen molar-refractivity contribution in [2.45, 2.75) is 13.5 Å². The topological polar surface area (TPSA) is 76.7 Å². The van der Waals surface area contributed by atoms with Crippen LogP contribution in [0.15, 0.2) is 17.0 Å². The predicted octanol–water partition coefficient (Wildman–Crippen LogP) is 2.20. The van der Waals surface area contributed by atoms with Gasteiger partial charge >= 0.3 is 0 Å². The highest BCUT2D eigenvalue weighted by atomic mass is 79.9. The van der Waals surface area contributed by atoms with Crippen molar-refractivity contribution in [3.63, 3.8) is 0 Å². The normalized spacial score (nSPS) is 10.4. The van der Waals surface area contributed by atoms with Crippen LogP contribution in [0.2, 0.25) is 0 Å². The summed E-state index contributed by atoms with van der Waals surface area (Å²) in [7, 11) is 0. The molecule has 0 unspecified atom stereocenters. The van der Waals surface area contributed by atoms with E-state index in [1.54, 1.807) is 11.3 Å². The molecule has 3 N–H and O–H groups in total. The maximum atomic E-state index is 5.65. The van der Waals surface area contributed by atoms with E-state index in [9.17, 15) is 0 Å². The van der Waals surface area contributed by atoms with E-state index in [2.05, 4.69) is 36.2 Å². The van der Waals surface area contributed by atoms with Gasteiger partial charge in [-0.3, -0.25) is 0 Å². The second kappa shape index (κ2) is 4.75. The Morgan fingerprint density at radius 3 is 2.94 bits per heavy atom. The Bertz CT molecular complexity index is 498.